The van der Waals surface area contributed by atoms with Crippen LogP contribution in [0.4, 0.5) is 0 Å². The van der Waals surface area contributed by atoms with E-state index >= 15 is 0 Å². The van der Waals surface area contributed by atoms with Crippen molar-refractivity contribution in [2.24, 2.45) is 0 Å². The van der Waals surface area contributed by atoms with Gasteiger partial charge in [0.1, 0.15) is 11.9 Å². The molecule has 2 heterocycles. The largest absolute Gasteiger partial charge is 0.366 e. The molecular formula is C18H24N4O2. The van der Waals surface area contributed by atoms with Crippen LogP contribution in [0.15, 0.2) is 18.2 Å². The number of ether oxygens (including phenoxy) is 1. The van der Waals surface area contributed by atoms with E-state index in [1.807, 2.05) is 45.9 Å². The lowest BCUT2D eigenvalue weighted by atomic mass is 9.94. The Hall–Kier alpha value is -2.05. The van der Waals surface area contributed by atoms with Gasteiger partial charge in [-0.3, -0.25) is 4.79 Å². The van der Waals surface area contributed by atoms with Gasteiger partial charge in [-0.05, 0) is 33.3 Å². The highest BCUT2D eigenvalue weighted by Gasteiger charge is 2.31. The number of para-hydroxylation sites is 1. The highest BCUT2D eigenvalue weighted by molar-refractivity contribution is 5.86. The number of benzene rings is 1. The van der Waals surface area contributed by atoms with Crippen LogP contribution < -0.4 is 10.6 Å². The number of hydrogen-bond acceptors (Lipinski definition) is 5. The zero-order valence-corrected chi connectivity index (χ0v) is 14.6. The molecule has 0 unspecified atom stereocenters. The number of carbonyl (C=O) groups excluding carboxylic acids is 1. The van der Waals surface area contributed by atoms with Crippen molar-refractivity contribution in [2.45, 2.75) is 39.3 Å². The number of hydrogen-bond donors (Lipinski definition) is 2. The summed E-state index contributed by atoms with van der Waals surface area (Å²) in [6.07, 6.45) is -0.464. The van der Waals surface area contributed by atoms with Gasteiger partial charge in [-0.2, -0.15) is 0 Å². The van der Waals surface area contributed by atoms with Crippen LogP contribution in [0.2, 0.25) is 0 Å². The van der Waals surface area contributed by atoms with Crippen molar-refractivity contribution in [1.82, 2.24) is 20.6 Å². The Kier molecular flexibility index (Phi) is 4.51. The summed E-state index contributed by atoms with van der Waals surface area (Å²) in [7, 11) is 0. The van der Waals surface area contributed by atoms with Crippen LogP contribution in [0, 0.1) is 13.8 Å². The van der Waals surface area contributed by atoms with Crippen molar-refractivity contribution >= 4 is 16.8 Å². The van der Waals surface area contributed by atoms with Crippen LogP contribution in [-0.2, 0) is 15.1 Å². The molecule has 2 aromatic rings. The maximum atomic E-state index is 12.6. The highest BCUT2D eigenvalue weighted by atomic mass is 16.5. The average Bonchev–Trinajstić information content (AvgIpc) is 2.55. The first-order valence-corrected chi connectivity index (χ1v) is 8.27. The van der Waals surface area contributed by atoms with Gasteiger partial charge in [0.15, 0.2) is 0 Å². The Morgan fingerprint density at radius 2 is 2.12 bits per heavy atom. The van der Waals surface area contributed by atoms with Gasteiger partial charge in [-0.25, -0.2) is 9.97 Å². The van der Waals surface area contributed by atoms with Gasteiger partial charge in [0.25, 0.3) is 5.91 Å². The van der Waals surface area contributed by atoms with Crippen LogP contribution in [0.3, 0.4) is 0 Å². The Morgan fingerprint density at radius 1 is 1.33 bits per heavy atom. The van der Waals surface area contributed by atoms with Crippen LogP contribution >= 0.6 is 0 Å². The molecule has 0 spiro atoms. The van der Waals surface area contributed by atoms with E-state index in [-0.39, 0.29) is 5.91 Å². The second-order valence-corrected chi connectivity index (χ2v) is 6.77. The van der Waals surface area contributed by atoms with Crippen molar-refractivity contribution in [1.29, 1.82) is 0 Å². The molecule has 1 aliphatic rings. The van der Waals surface area contributed by atoms with Gasteiger partial charge in [0.2, 0.25) is 0 Å². The van der Waals surface area contributed by atoms with E-state index in [4.69, 9.17) is 4.74 Å². The van der Waals surface area contributed by atoms with E-state index in [1.165, 1.54) is 0 Å². The first kappa shape index (κ1) is 16.8. The quantitative estimate of drug-likeness (QED) is 0.895. The molecule has 0 aliphatic carbocycles. The number of nitrogens with zero attached hydrogens (tertiary/aromatic N) is 2. The lowest BCUT2D eigenvalue weighted by Crippen LogP contribution is -2.52. The number of nitrogens with one attached hydrogen (secondary N) is 2. The molecule has 2 N–H and O–H groups in total. The third-order valence-electron chi connectivity index (χ3n) is 4.29. The van der Waals surface area contributed by atoms with Gasteiger partial charge >= 0.3 is 0 Å². The number of aromatic nitrogens is 2. The predicted molar refractivity (Wildman–Crippen MR) is 92.8 cm³/mol. The van der Waals surface area contributed by atoms with Crippen LogP contribution in [0.1, 0.15) is 30.9 Å². The molecule has 1 fully saturated rings. The third-order valence-corrected chi connectivity index (χ3v) is 4.29. The Morgan fingerprint density at radius 3 is 2.83 bits per heavy atom. The SMILES string of the molecule is Cc1nc(C(C)(C)NC(=O)[C@@H]2CNCCO2)c2cccc(C)c2n1. The van der Waals surface area contributed by atoms with E-state index in [0.717, 1.165) is 28.7 Å². The summed E-state index contributed by atoms with van der Waals surface area (Å²) >= 11 is 0. The molecule has 1 aliphatic heterocycles. The maximum Gasteiger partial charge on any atom is 0.251 e. The lowest BCUT2D eigenvalue weighted by molar-refractivity contribution is -0.136. The van der Waals surface area contributed by atoms with Crippen LogP contribution in [-0.4, -0.2) is 41.7 Å². The summed E-state index contributed by atoms with van der Waals surface area (Å²) in [6.45, 7) is 9.70. The average molecular weight is 328 g/mol. The van der Waals surface area contributed by atoms with E-state index in [0.29, 0.717) is 19.0 Å². The lowest BCUT2D eigenvalue weighted by Gasteiger charge is -2.31. The van der Waals surface area contributed by atoms with Gasteiger partial charge in [-0.15, -0.1) is 0 Å². The molecule has 24 heavy (non-hydrogen) atoms. The van der Waals surface area contributed by atoms with Gasteiger partial charge in [0, 0.05) is 18.5 Å². The molecule has 0 radical (unpaired) electrons. The Balaban J connectivity index is 1.95. The van der Waals surface area contributed by atoms with Crippen molar-refractivity contribution in [3.63, 3.8) is 0 Å². The van der Waals surface area contributed by atoms with Crippen molar-refractivity contribution in [2.75, 3.05) is 19.7 Å². The first-order valence-electron chi connectivity index (χ1n) is 8.27. The second-order valence-electron chi connectivity index (χ2n) is 6.77. The molecule has 3 rings (SSSR count). The number of fused-ring (bicyclic) bond motifs is 1. The molecular weight excluding hydrogens is 304 g/mol. The Bertz CT molecular complexity index is 767. The minimum atomic E-state index is -0.627. The minimum Gasteiger partial charge on any atom is -0.366 e. The van der Waals surface area contributed by atoms with E-state index in [2.05, 4.69) is 20.6 Å². The molecule has 1 saturated heterocycles. The van der Waals surface area contributed by atoms with E-state index in [9.17, 15) is 4.79 Å². The molecule has 1 atom stereocenters. The zero-order valence-electron chi connectivity index (χ0n) is 14.6. The minimum absolute atomic E-state index is 0.121. The maximum absolute atomic E-state index is 12.6. The number of carbonyl (C=O) groups is 1. The van der Waals surface area contributed by atoms with Crippen molar-refractivity contribution in [3.05, 3.63) is 35.3 Å². The third kappa shape index (κ3) is 3.25. The van der Waals surface area contributed by atoms with E-state index < -0.39 is 11.6 Å². The fourth-order valence-corrected chi connectivity index (χ4v) is 3.07. The molecule has 0 bridgehead atoms. The monoisotopic (exact) mass is 328 g/mol. The molecule has 6 nitrogen and oxygen atoms in total. The topological polar surface area (TPSA) is 76.1 Å². The standard InChI is InChI=1S/C18H24N4O2/c1-11-6-5-7-13-15(11)20-12(2)21-16(13)18(3,4)22-17(23)14-10-19-8-9-24-14/h5-7,14,19H,8-10H2,1-4H3,(H,22,23)/t14-/m0/s1. The number of morpholine rings is 1. The summed E-state index contributed by atoms with van der Waals surface area (Å²) < 4.78 is 5.54. The molecule has 128 valence electrons. The number of aryl methyl sites for hydroxylation is 2. The molecule has 1 aromatic carbocycles. The van der Waals surface area contributed by atoms with Crippen molar-refractivity contribution in [3.8, 4) is 0 Å². The number of amides is 1. The van der Waals surface area contributed by atoms with Gasteiger partial charge in [0.05, 0.1) is 23.4 Å². The fraction of sp³-hybridized carbons (Fsp3) is 0.500. The van der Waals surface area contributed by atoms with Gasteiger partial charge < -0.3 is 15.4 Å². The van der Waals surface area contributed by atoms with E-state index in [1.54, 1.807) is 0 Å². The predicted octanol–water partition coefficient (Wildman–Crippen LogP) is 1.59. The zero-order chi connectivity index (χ0) is 17.3. The number of rotatable bonds is 3. The summed E-state index contributed by atoms with van der Waals surface area (Å²) in [5.74, 6) is 0.578. The first-order chi connectivity index (χ1) is 11.4. The summed E-state index contributed by atoms with van der Waals surface area (Å²) in [4.78, 5) is 21.7. The summed E-state index contributed by atoms with van der Waals surface area (Å²) in [5, 5.41) is 7.23. The van der Waals surface area contributed by atoms with Gasteiger partial charge in [-0.1, -0.05) is 18.2 Å². The normalized spacial score (nSPS) is 18.6. The summed E-state index contributed by atoms with van der Waals surface area (Å²) in [5.41, 5.74) is 2.22. The van der Waals surface area contributed by atoms with Crippen LogP contribution in [0.5, 0.6) is 0 Å². The molecule has 6 heteroatoms. The fourth-order valence-electron chi connectivity index (χ4n) is 3.07. The molecule has 0 saturated carbocycles. The smallest absolute Gasteiger partial charge is 0.251 e. The highest BCUT2D eigenvalue weighted by Crippen LogP contribution is 2.28. The molecule has 1 amide bonds. The Labute approximate surface area is 142 Å². The van der Waals surface area contributed by atoms with Crippen LogP contribution in [0.25, 0.3) is 10.9 Å². The molecule has 1 aromatic heterocycles. The summed E-state index contributed by atoms with van der Waals surface area (Å²) in [6, 6.07) is 6.03. The van der Waals surface area contributed by atoms with Crippen molar-refractivity contribution < 1.29 is 9.53 Å². The second kappa shape index (κ2) is 6.45.